The second-order valence-electron chi connectivity index (χ2n) is 11.6. The number of hydrogen-bond acceptors (Lipinski definition) is 4. The molecule has 1 aromatic rings. The van der Waals surface area contributed by atoms with E-state index in [0.29, 0.717) is 11.0 Å². The molecule has 2 fully saturated rings. The molecule has 0 spiro atoms. The molecule has 2 unspecified atom stereocenters. The first-order chi connectivity index (χ1) is 13.0. The third kappa shape index (κ3) is 5.13. The molecule has 28 heavy (non-hydrogen) atoms. The van der Waals surface area contributed by atoms with Crippen LogP contribution in [0, 0.1) is 17.3 Å². The second-order valence-corrected chi connectivity index (χ2v) is 11.6. The maximum absolute atomic E-state index is 4.51. The summed E-state index contributed by atoms with van der Waals surface area (Å²) in [7, 11) is 0. The van der Waals surface area contributed by atoms with Crippen molar-refractivity contribution in [2.24, 2.45) is 17.3 Å². The van der Waals surface area contributed by atoms with Gasteiger partial charge in [0.1, 0.15) is 5.82 Å². The SMILES string of the molecule is CC(C)(CN1CCC(C(C)(C)CC2CCN(C(C)(C)C)C2)C1)c1ncccn1. The predicted octanol–water partition coefficient (Wildman–Crippen LogP) is 4.61. The fourth-order valence-electron chi connectivity index (χ4n) is 5.41. The molecule has 4 nitrogen and oxygen atoms in total. The summed E-state index contributed by atoms with van der Waals surface area (Å²) >= 11 is 0. The molecule has 2 aliphatic rings. The molecule has 0 aliphatic carbocycles. The molecule has 158 valence electrons. The highest BCUT2D eigenvalue weighted by atomic mass is 15.2. The Bertz CT molecular complexity index is 632. The first-order valence-corrected chi connectivity index (χ1v) is 11.2. The largest absolute Gasteiger partial charge is 0.302 e. The first kappa shape index (κ1) is 21.7. The second kappa shape index (κ2) is 8.02. The number of hydrogen-bond donors (Lipinski definition) is 0. The fraction of sp³-hybridized carbons (Fsp3) is 0.833. The lowest BCUT2D eigenvalue weighted by Gasteiger charge is -2.36. The topological polar surface area (TPSA) is 32.3 Å². The summed E-state index contributed by atoms with van der Waals surface area (Å²) in [6.45, 7) is 22.7. The summed E-state index contributed by atoms with van der Waals surface area (Å²) in [6, 6.07) is 1.90. The summed E-state index contributed by atoms with van der Waals surface area (Å²) in [5.74, 6) is 2.62. The van der Waals surface area contributed by atoms with Crippen molar-refractivity contribution in [3.05, 3.63) is 24.3 Å². The fourth-order valence-corrected chi connectivity index (χ4v) is 5.41. The highest BCUT2D eigenvalue weighted by Gasteiger charge is 2.40. The van der Waals surface area contributed by atoms with Crippen LogP contribution in [0.25, 0.3) is 0 Å². The molecule has 0 amide bonds. The van der Waals surface area contributed by atoms with Crippen LogP contribution in [-0.2, 0) is 5.41 Å². The smallest absolute Gasteiger partial charge is 0.135 e. The normalized spacial score (nSPS) is 25.5. The maximum Gasteiger partial charge on any atom is 0.135 e. The van der Waals surface area contributed by atoms with Gasteiger partial charge in [-0.3, -0.25) is 4.90 Å². The molecule has 3 rings (SSSR count). The van der Waals surface area contributed by atoms with Crippen LogP contribution in [0.5, 0.6) is 0 Å². The van der Waals surface area contributed by atoms with Gasteiger partial charge in [0.15, 0.2) is 0 Å². The van der Waals surface area contributed by atoms with Crippen LogP contribution in [0.2, 0.25) is 0 Å². The standard InChI is InChI=1S/C24H42N4/c1-22(2,3)28-14-9-19(16-28)15-23(4,5)20-10-13-27(17-20)18-24(6,7)21-25-11-8-12-26-21/h8,11-12,19-20H,9-10,13-18H2,1-7H3. The van der Waals surface area contributed by atoms with E-state index in [2.05, 4.69) is 68.2 Å². The van der Waals surface area contributed by atoms with E-state index in [1.807, 2.05) is 18.5 Å². The van der Waals surface area contributed by atoms with E-state index in [1.165, 1.54) is 45.4 Å². The van der Waals surface area contributed by atoms with Crippen LogP contribution in [0.1, 0.15) is 73.6 Å². The number of aromatic nitrogens is 2. The Morgan fingerprint density at radius 1 is 0.929 bits per heavy atom. The minimum Gasteiger partial charge on any atom is -0.302 e. The van der Waals surface area contributed by atoms with Gasteiger partial charge in [-0.25, -0.2) is 9.97 Å². The Morgan fingerprint density at radius 3 is 2.21 bits per heavy atom. The quantitative estimate of drug-likeness (QED) is 0.714. The van der Waals surface area contributed by atoms with E-state index < -0.39 is 0 Å². The number of rotatable bonds is 6. The van der Waals surface area contributed by atoms with Crippen molar-refractivity contribution < 1.29 is 0 Å². The van der Waals surface area contributed by atoms with Gasteiger partial charge in [-0.1, -0.05) is 27.7 Å². The highest BCUT2D eigenvalue weighted by molar-refractivity contribution is 5.06. The molecular formula is C24H42N4. The van der Waals surface area contributed by atoms with E-state index in [-0.39, 0.29) is 5.41 Å². The van der Waals surface area contributed by atoms with Gasteiger partial charge in [0.2, 0.25) is 0 Å². The molecule has 0 bridgehead atoms. The molecule has 0 saturated carbocycles. The van der Waals surface area contributed by atoms with Crippen LogP contribution in [0.3, 0.4) is 0 Å². The lowest BCUT2D eigenvalue weighted by Crippen LogP contribution is -2.40. The van der Waals surface area contributed by atoms with Gasteiger partial charge in [0.05, 0.1) is 0 Å². The summed E-state index contributed by atoms with van der Waals surface area (Å²) in [5.41, 5.74) is 0.730. The van der Waals surface area contributed by atoms with Gasteiger partial charge in [-0.05, 0) is 76.4 Å². The molecule has 0 radical (unpaired) electrons. The van der Waals surface area contributed by atoms with E-state index in [4.69, 9.17) is 0 Å². The van der Waals surface area contributed by atoms with Gasteiger partial charge in [0, 0.05) is 43.0 Å². The summed E-state index contributed by atoms with van der Waals surface area (Å²) < 4.78 is 0. The molecule has 0 N–H and O–H groups in total. The summed E-state index contributed by atoms with van der Waals surface area (Å²) in [6.07, 6.45) is 7.79. The molecule has 2 atom stereocenters. The Labute approximate surface area is 173 Å². The molecule has 0 aromatic carbocycles. The number of likely N-dealkylation sites (tertiary alicyclic amines) is 2. The van der Waals surface area contributed by atoms with Crippen LogP contribution < -0.4 is 0 Å². The van der Waals surface area contributed by atoms with Gasteiger partial charge in [0.25, 0.3) is 0 Å². The van der Waals surface area contributed by atoms with Crippen LogP contribution in [-0.4, -0.2) is 58.0 Å². The third-order valence-corrected chi connectivity index (χ3v) is 7.22. The lowest BCUT2D eigenvalue weighted by atomic mass is 9.72. The van der Waals surface area contributed by atoms with E-state index in [0.717, 1.165) is 24.2 Å². The van der Waals surface area contributed by atoms with E-state index in [1.54, 1.807) is 0 Å². The molecular weight excluding hydrogens is 344 g/mol. The zero-order valence-electron chi connectivity index (χ0n) is 19.3. The average Bonchev–Trinajstić information content (AvgIpc) is 3.24. The van der Waals surface area contributed by atoms with E-state index >= 15 is 0 Å². The van der Waals surface area contributed by atoms with Crippen molar-refractivity contribution in [1.29, 1.82) is 0 Å². The molecule has 2 aliphatic heterocycles. The van der Waals surface area contributed by atoms with Crippen molar-refractivity contribution in [2.45, 2.75) is 78.7 Å². The van der Waals surface area contributed by atoms with Crippen molar-refractivity contribution in [2.75, 3.05) is 32.7 Å². The number of nitrogens with zero attached hydrogens (tertiary/aromatic N) is 4. The zero-order chi connectivity index (χ0) is 20.6. The molecule has 3 heterocycles. The zero-order valence-corrected chi connectivity index (χ0v) is 19.3. The third-order valence-electron chi connectivity index (χ3n) is 7.22. The van der Waals surface area contributed by atoms with Crippen molar-refractivity contribution in [3.63, 3.8) is 0 Å². The monoisotopic (exact) mass is 386 g/mol. The Morgan fingerprint density at radius 2 is 1.61 bits per heavy atom. The summed E-state index contributed by atoms with van der Waals surface area (Å²) in [4.78, 5) is 14.4. The minimum atomic E-state index is -0.00104. The van der Waals surface area contributed by atoms with Crippen LogP contribution in [0.15, 0.2) is 18.5 Å². The minimum absolute atomic E-state index is 0.00104. The van der Waals surface area contributed by atoms with Crippen molar-refractivity contribution in [1.82, 2.24) is 19.8 Å². The van der Waals surface area contributed by atoms with Gasteiger partial charge >= 0.3 is 0 Å². The van der Waals surface area contributed by atoms with Crippen LogP contribution >= 0.6 is 0 Å². The molecule has 4 heteroatoms. The van der Waals surface area contributed by atoms with Gasteiger partial charge in [-0.2, -0.15) is 0 Å². The molecule has 1 aromatic heterocycles. The van der Waals surface area contributed by atoms with Crippen molar-refractivity contribution >= 4 is 0 Å². The van der Waals surface area contributed by atoms with Gasteiger partial charge < -0.3 is 4.90 Å². The predicted molar refractivity (Wildman–Crippen MR) is 117 cm³/mol. The Balaban J connectivity index is 1.54. The van der Waals surface area contributed by atoms with E-state index in [9.17, 15) is 0 Å². The Hall–Kier alpha value is -1.00. The van der Waals surface area contributed by atoms with Gasteiger partial charge in [-0.15, -0.1) is 0 Å². The first-order valence-electron chi connectivity index (χ1n) is 11.2. The Kier molecular flexibility index (Phi) is 6.22. The maximum atomic E-state index is 4.51. The van der Waals surface area contributed by atoms with Crippen LogP contribution in [0.4, 0.5) is 0 Å². The highest BCUT2D eigenvalue weighted by Crippen LogP contribution is 2.42. The van der Waals surface area contributed by atoms with Crippen molar-refractivity contribution in [3.8, 4) is 0 Å². The molecule has 2 saturated heterocycles. The summed E-state index contributed by atoms with van der Waals surface area (Å²) in [5, 5.41) is 0. The lowest BCUT2D eigenvalue weighted by molar-refractivity contribution is 0.136. The average molecular weight is 387 g/mol.